The van der Waals surface area contributed by atoms with E-state index in [1.807, 2.05) is 6.92 Å². The van der Waals surface area contributed by atoms with E-state index in [4.69, 9.17) is 4.52 Å². The number of amides is 1. The van der Waals surface area contributed by atoms with Gasteiger partial charge in [0.05, 0.1) is 0 Å². The number of benzene rings is 2. The Balaban J connectivity index is 1.37. The van der Waals surface area contributed by atoms with Crippen LogP contribution in [-0.2, 0) is 5.75 Å². The van der Waals surface area contributed by atoms with E-state index in [-0.39, 0.29) is 17.4 Å². The second-order valence-corrected chi connectivity index (χ2v) is 7.26. The van der Waals surface area contributed by atoms with Gasteiger partial charge in [0, 0.05) is 17.4 Å². The van der Waals surface area contributed by atoms with Gasteiger partial charge in [0.2, 0.25) is 11.1 Å². The van der Waals surface area contributed by atoms with E-state index in [0.717, 1.165) is 11.3 Å². The second-order valence-electron chi connectivity index (χ2n) is 6.32. The average molecular weight is 407 g/mol. The van der Waals surface area contributed by atoms with Crippen LogP contribution in [0.15, 0.2) is 64.3 Å². The third-order valence-corrected chi connectivity index (χ3v) is 4.98. The fourth-order valence-corrected chi connectivity index (χ4v) is 3.30. The zero-order valence-corrected chi connectivity index (χ0v) is 16.2. The Bertz CT molecular complexity index is 1140. The number of carbonyl (C=O) groups is 1. The molecular weight excluding hydrogens is 390 g/mol. The number of anilines is 1. The van der Waals surface area contributed by atoms with Gasteiger partial charge < -0.3 is 9.63 Å². The van der Waals surface area contributed by atoms with Crippen LogP contribution in [0.3, 0.4) is 0 Å². The van der Waals surface area contributed by atoms with E-state index < -0.39 is 5.91 Å². The predicted octanol–water partition coefficient (Wildman–Crippen LogP) is 4.02. The predicted molar refractivity (Wildman–Crippen MR) is 109 cm³/mol. The number of carbonyl (C=O) groups excluding carboxylic acids is 1. The van der Waals surface area contributed by atoms with Crippen LogP contribution in [0.5, 0.6) is 5.75 Å². The van der Waals surface area contributed by atoms with Gasteiger partial charge in [0.15, 0.2) is 11.5 Å². The molecule has 146 valence electrons. The number of nitrogens with one attached hydrogen (secondary N) is 2. The molecule has 0 bridgehead atoms. The standard InChI is InChI=1S/C20H17N5O3S/c1-12-5-7-13(8-6-12)11-29-20-22-19(23-24-20)21-18(27)16-10-17(28-25-16)14-3-2-4-15(26)9-14/h2-10,26H,11H2,1H3,(H2,21,22,23,24,27). The van der Waals surface area contributed by atoms with Gasteiger partial charge in [0.25, 0.3) is 5.91 Å². The van der Waals surface area contributed by atoms with Crippen LogP contribution in [0.1, 0.15) is 21.6 Å². The molecule has 0 unspecified atom stereocenters. The van der Waals surface area contributed by atoms with Crippen LogP contribution in [-0.4, -0.2) is 31.4 Å². The van der Waals surface area contributed by atoms with Crippen molar-refractivity contribution in [2.45, 2.75) is 17.8 Å². The summed E-state index contributed by atoms with van der Waals surface area (Å²) in [6.45, 7) is 2.04. The van der Waals surface area contributed by atoms with Gasteiger partial charge in [0.1, 0.15) is 5.75 Å². The molecule has 3 N–H and O–H groups in total. The van der Waals surface area contributed by atoms with Crippen LogP contribution in [0.2, 0.25) is 0 Å². The Morgan fingerprint density at radius 2 is 2.03 bits per heavy atom. The third-order valence-electron chi connectivity index (χ3n) is 4.06. The van der Waals surface area contributed by atoms with Crippen molar-refractivity contribution in [2.75, 3.05) is 5.32 Å². The van der Waals surface area contributed by atoms with Crippen molar-refractivity contribution < 1.29 is 14.4 Å². The number of aryl methyl sites for hydroxylation is 1. The summed E-state index contributed by atoms with van der Waals surface area (Å²) in [6, 6.07) is 16.2. The lowest BCUT2D eigenvalue weighted by Crippen LogP contribution is -2.13. The first kappa shape index (κ1) is 18.8. The summed E-state index contributed by atoms with van der Waals surface area (Å²) in [5.41, 5.74) is 3.08. The van der Waals surface area contributed by atoms with E-state index in [2.05, 4.69) is 49.9 Å². The molecule has 0 aliphatic heterocycles. The van der Waals surface area contributed by atoms with Gasteiger partial charge in [-0.2, -0.15) is 4.98 Å². The fraction of sp³-hybridized carbons (Fsp3) is 0.100. The number of thioether (sulfide) groups is 1. The molecule has 0 aliphatic rings. The second kappa shape index (κ2) is 8.19. The summed E-state index contributed by atoms with van der Waals surface area (Å²) in [7, 11) is 0. The molecule has 0 saturated carbocycles. The SMILES string of the molecule is Cc1ccc(CSc2n[nH]c(NC(=O)c3cc(-c4cccc(O)c4)on3)n2)cc1. The van der Waals surface area contributed by atoms with E-state index in [0.29, 0.717) is 16.5 Å². The highest BCUT2D eigenvalue weighted by Crippen LogP contribution is 2.24. The minimum atomic E-state index is -0.480. The number of rotatable bonds is 6. The first-order chi connectivity index (χ1) is 14.1. The number of aromatic hydroxyl groups is 1. The number of H-pyrrole nitrogens is 1. The monoisotopic (exact) mass is 407 g/mol. The minimum absolute atomic E-state index is 0.0913. The van der Waals surface area contributed by atoms with Crippen LogP contribution in [0.25, 0.3) is 11.3 Å². The van der Waals surface area contributed by atoms with Crippen LogP contribution in [0.4, 0.5) is 5.95 Å². The summed E-state index contributed by atoms with van der Waals surface area (Å²) in [6.07, 6.45) is 0. The quantitative estimate of drug-likeness (QED) is 0.413. The molecular formula is C20H17N5O3S. The lowest BCUT2D eigenvalue weighted by molar-refractivity contribution is 0.101. The summed E-state index contributed by atoms with van der Waals surface area (Å²) < 4.78 is 5.19. The highest BCUT2D eigenvalue weighted by atomic mass is 32.2. The van der Waals surface area contributed by atoms with E-state index >= 15 is 0 Å². The summed E-state index contributed by atoms with van der Waals surface area (Å²) in [5, 5.41) is 23.3. The highest BCUT2D eigenvalue weighted by molar-refractivity contribution is 7.98. The molecule has 9 heteroatoms. The van der Waals surface area contributed by atoms with Crippen molar-refractivity contribution in [1.82, 2.24) is 20.3 Å². The number of nitrogens with zero attached hydrogens (tertiary/aromatic N) is 3. The van der Waals surface area contributed by atoms with Crippen molar-refractivity contribution in [2.24, 2.45) is 0 Å². The Kier molecular flexibility index (Phi) is 5.30. The first-order valence-electron chi connectivity index (χ1n) is 8.75. The van der Waals surface area contributed by atoms with Gasteiger partial charge in [-0.05, 0) is 24.6 Å². The van der Waals surface area contributed by atoms with Crippen molar-refractivity contribution in [3.05, 3.63) is 71.4 Å². The number of aromatic amines is 1. The largest absolute Gasteiger partial charge is 0.508 e. The summed E-state index contributed by atoms with van der Waals surface area (Å²) in [4.78, 5) is 16.6. The Labute approximate surface area is 170 Å². The van der Waals surface area contributed by atoms with Crippen molar-refractivity contribution in [1.29, 1.82) is 0 Å². The molecule has 0 fully saturated rings. The molecule has 0 radical (unpaired) electrons. The van der Waals surface area contributed by atoms with Crippen LogP contribution in [0, 0.1) is 6.92 Å². The van der Waals surface area contributed by atoms with Crippen molar-refractivity contribution >= 4 is 23.6 Å². The van der Waals surface area contributed by atoms with Gasteiger partial charge in [-0.1, -0.05) is 58.9 Å². The number of aromatic nitrogens is 4. The van der Waals surface area contributed by atoms with Gasteiger partial charge in [-0.15, -0.1) is 5.10 Å². The molecule has 2 aromatic carbocycles. The van der Waals surface area contributed by atoms with Gasteiger partial charge >= 0.3 is 0 Å². The smallest absolute Gasteiger partial charge is 0.280 e. The van der Waals surface area contributed by atoms with E-state index in [9.17, 15) is 9.90 Å². The molecule has 0 atom stereocenters. The number of hydrogen-bond acceptors (Lipinski definition) is 7. The molecule has 8 nitrogen and oxygen atoms in total. The Morgan fingerprint density at radius 1 is 1.21 bits per heavy atom. The zero-order valence-electron chi connectivity index (χ0n) is 15.4. The molecule has 2 heterocycles. The minimum Gasteiger partial charge on any atom is -0.508 e. The fourth-order valence-electron chi connectivity index (χ4n) is 2.55. The van der Waals surface area contributed by atoms with Crippen LogP contribution >= 0.6 is 11.8 Å². The number of phenolic OH excluding ortho intramolecular Hbond substituents is 1. The molecule has 4 rings (SSSR count). The first-order valence-corrected chi connectivity index (χ1v) is 9.73. The third kappa shape index (κ3) is 4.64. The maximum absolute atomic E-state index is 12.4. The number of phenols is 1. The lowest BCUT2D eigenvalue weighted by Gasteiger charge is -1.99. The van der Waals surface area contributed by atoms with Gasteiger partial charge in [-0.3, -0.25) is 10.1 Å². The maximum Gasteiger partial charge on any atom is 0.280 e. The zero-order chi connectivity index (χ0) is 20.2. The molecule has 4 aromatic rings. The highest BCUT2D eigenvalue weighted by Gasteiger charge is 2.16. The Hall–Kier alpha value is -3.59. The topological polar surface area (TPSA) is 117 Å². The van der Waals surface area contributed by atoms with Crippen LogP contribution < -0.4 is 5.32 Å². The normalized spacial score (nSPS) is 10.8. The van der Waals surface area contributed by atoms with Crippen molar-refractivity contribution in [3.63, 3.8) is 0 Å². The molecule has 29 heavy (non-hydrogen) atoms. The molecule has 0 aliphatic carbocycles. The summed E-state index contributed by atoms with van der Waals surface area (Å²) >= 11 is 1.46. The van der Waals surface area contributed by atoms with Crippen molar-refractivity contribution in [3.8, 4) is 17.1 Å². The average Bonchev–Trinajstić information content (AvgIpc) is 3.37. The lowest BCUT2D eigenvalue weighted by atomic mass is 10.1. The Morgan fingerprint density at radius 3 is 2.83 bits per heavy atom. The number of hydrogen-bond donors (Lipinski definition) is 3. The molecule has 0 spiro atoms. The molecule has 1 amide bonds. The van der Waals surface area contributed by atoms with Gasteiger partial charge in [-0.25, -0.2) is 5.10 Å². The van der Waals surface area contributed by atoms with E-state index in [1.165, 1.54) is 29.5 Å². The summed E-state index contributed by atoms with van der Waals surface area (Å²) in [5.74, 6) is 0.942. The maximum atomic E-state index is 12.4. The van der Waals surface area contributed by atoms with E-state index in [1.54, 1.807) is 18.2 Å². The molecule has 2 aromatic heterocycles. The molecule has 0 saturated heterocycles.